The quantitative estimate of drug-likeness (QED) is 0.814. The molecule has 2 heterocycles. The van der Waals surface area contributed by atoms with Gasteiger partial charge in [-0.15, -0.1) is 0 Å². The van der Waals surface area contributed by atoms with Crippen LogP contribution in [0, 0.1) is 17.0 Å². The number of hydrogen-bond donors (Lipinski definition) is 0. The van der Waals surface area contributed by atoms with E-state index in [1.807, 2.05) is 0 Å². The normalized spacial score (nSPS) is 25.1. The molecule has 138 valence electrons. The lowest BCUT2D eigenvalue weighted by Gasteiger charge is -2.39. The lowest BCUT2D eigenvalue weighted by Crippen LogP contribution is -2.50. The second-order valence-electron chi connectivity index (χ2n) is 6.84. The molecule has 0 N–H and O–H groups in total. The molecule has 8 heteroatoms. The number of carbonyl (C=O) groups is 1. The third-order valence-electron chi connectivity index (χ3n) is 5.26. The summed E-state index contributed by atoms with van der Waals surface area (Å²) in [7, 11) is -3.31. The number of nitrogens with zero attached hydrogens (tertiary/aromatic N) is 2. The summed E-state index contributed by atoms with van der Waals surface area (Å²) in [5, 5.41) is 0. The summed E-state index contributed by atoms with van der Waals surface area (Å²) in [5.41, 5.74) is -0.153. The number of rotatable bonds is 4. The van der Waals surface area contributed by atoms with Crippen molar-refractivity contribution in [3.63, 3.8) is 0 Å². The molecule has 1 amide bonds. The van der Waals surface area contributed by atoms with Crippen LogP contribution in [0.25, 0.3) is 0 Å². The molecular weight excluding hydrogens is 350 g/mol. The molecule has 1 atom stereocenters. The zero-order valence-electron chi connectivity index (χ0n) is 14.2. The molecule has 25 heavy (non-hydrogen) atoms. The van der Waals surface area contributed by atoms with Gasteiger partial charge in [-0.1, -0.05) is 6.07 Å². The van der Waals surface area contributed by atoms with Crippen molar-refractivity contribution in [1.82, 2.24) is 9.21 Å². The van der Waals surface area contributed by atoms with Crippen LogP contribution in [0.1, 0.15) is 31.7 Å². The molecule has 0 aromatic heterocycles. The number of hydrogen-bond acceptors (Lipinski definition) is 3. The number of halogens is 2. The molecule has 2 aliphatic heterocycles. The fraction of sp³-hybridized carbons (Fsp3) is 0.588. The Hall–Kier alpha value is -1.54. The highest BCUT2D eigenvalue weighted by Crippen LogP contribution is 2.41. The molecule has 0 saturated carbocycles. The van der Waals surface area contributed by atoms with Gasteiger partial charge in [0.25, 0.3) is 0 Å². The van der Waals surface area contributed by atoms with E-state index in [9.17, 15) is 22.0 Å². The molecule has 0 radical (unpaired) electrons. The third kappa shape index (κ3) is 3.42. The van der Waals surface area contributed by atoms with Crippen molar-refractivity contribution in [2.75, 3.05) is 25.4 Å². The van der Waals surface area contributed by atoms with Gasteiger partial charge in [-0.05, 0) is 43.9 Å². The Balaban J connectivity index is 1.76. The van der Waals surface area contributed by atoms with Crippen molar-refractivity contribution in [3.05, 3.63) is 35.4 Å². The van der Waals surface area contributed by atoms with E-state index in [2.05, 4.69) is 0 Å². The highest BCUT2D eigenvalue weighted by molar-refractivity contribution is 7.89. The molecule has 2 saturated heterocycles. The van der Waals surface area contributed by atoms with E-state index in [0.717, 1.165) is 18.6 Å². The van der Waals surface area contributed by atoms with E-state index < -0.39 is 27.1 Å². The van der Waals surface area contributed by atoms with Gasteiger partial charge in [-0.25, -0.2) is 21.5 Å². The number of sulfonamides is 1. The zero-order valence-corrected chi connectivity index (χ0v) is 15.0. The van der Waals surface area contributed by atoms with Gasteiger partial charge in [-0.3, -0.25) is 4.79 Å². The average molecular weight is 372 g/mol. The smallest absolute Gasteiger partial charge is 0.230 e. The van der Waals surface area contributed by atoms with Crippen molar-refractivity contribution < 1.29 is 22.0 Å². The van der Waals surface area contributed by atoms with E-state index in [1.54, 1.807) is 11.8 Å². The largest absolute Gasteiger partial charge is 0.338 e. The number of benzene rings is 1. The van der Waals surface area contributed by atoms with Crippen molar-refractivity contribution in [1.29, 1.82) is 0 Å². The van der Waals surface area contributed by atoms with Gasteiger partial charge in [0.05, 0.1) is 11.2 Å². The van der Waals surface area contributed by atoms with Gasteiger partial charge >= 0.3 is 0 Å². The maximum absolute atomic E-state index is 13.4. The van der Waals surface area contributed by atoms with Gasteiger partial charge in [0.1, 0.15) is 0 Å². The first-order valence-electron chi connectivity index (χ1n) is 8.48. The Morgan fingerprint density at radius 2 is 1.92 bits per heavy atom. The van der Waals surface area contributed by atoms with Crippen LogP contribution >= 0.6 is 0 Å². The van der Waals surface area contributed by atoms with Crippen molar-refractivity contribution in [2.24, 2.45) is 5.41 Å². The highest BCUT2D eigenvalue weighted by atomic mass is 32.2. The van der Waals surface area contributed by atoms with E-state index in [4.69, 9.17) is 0 Å². The molecule has 5 nitrogen and oxygen atoms in total. The Labute approximate surface area is 146 Å². The van der Waals surface area contributed by atoms with Crippen LogP contribution in [-0.2, 0) is 21.4 Å². The first kappa shape index (κ1) is 18.3. The minimum Gasteiger partial charge on any atom is -0.338 e. The number of amides is 1. The minimum absolute atomic E-state index is 0.0237. The molecular formula is C17H22F2N2O3S. The molecule has 0 unspecified atom stereocenters. The van der Waals surface area contributed by atoms with Crippen LogP contribution in [0.15, 0.2) is 18.2 Å². The third-order valence-corrected chi connectivity index (χ3v) is 7.09. The van der Waals surface area contributed by atoms with Crippen LogP contribution < -0.4 is 0 Å². The van der Waals surface area contributed by atoms with Crippen LogP contribution in [0.4, 0.5) is 8.78 Å². The standard InChI is InChI=1S/C17H22F2N2O3S/c1-2-25(23,24)21-9-7-17(12-21)6-3-8-20(16(17)22)11-13-4-5-14(18)15(19)10-13/h4-5,10H,2-3,6-9,11-12H2,1H3/t17-/m1/s1. The lowest BCUT2D eigenvalue weighted by atomic mass is 9.78. The number of carbonyl (C=O) groups excluding carboxylic acids is 1. The van der Waals surface area contributed by atoms with Crippen LogP contribution in [0.3, 0.4) is 0 Å². The Kier molecular flexibility index (Phi) is 4.85. The zero-order chi connectivity index (χ0) is 18.2. The molecule has 1 aromatic rings. The predicted molar refractivity (Wildman–Crippen MR) is 89.1 cm³/mol. The van der Waals surface area contributed by atoms with Gasteiger partial charge in [0.2, 0.25) is 15.9 Å². The van der Waals surface area contributed by atoms with Crippen molar-refractivity contribution >= 4 is 15.9 Å². The summed E-state index contributed by atoms with van der Waals surface area (Å²) in [6, 6.07) is 3.63. The predicted octanol–water partition coefficient (Wildman–Crippen LogP) is 2.13. The maximum atomic E-state index is 13.4. The Morgan fingerprint density at radius 1 is 1.16 bits per heavy atom. The minimum atomic E-state index is -3.31. The van der Waals surface area contributed by atoms with E-state index in [1.165, 1.54) is 10.4 Å². The fourth-order valence-electron chi connectivity index (χ4n) is 3.79. The second kappa shape index (κ2) is 6.64. The SMILES string of the molecule is CCS(=O)(=O)N1CC[C@]2(CCCN(Cc3ccc(F)c(F)c3)C2=O)C1. The summed E-state index contributed by atoms with van der Waals surface area (Å²) >= 11 is 0. The van der Waals surface area contributed by atoms with Gasteiger partial charge < -0.3 is 4.90 Å². The van der Waals surface area contributed by atoms with E-state index >= 15 is 0 Å². The molecule has 0 aliphatic carbocycles. The summed E-state index contributed by atoms with van der Waals surface area (Å²) in [6.07, 6.45) is 1.95. The monoisotopic (exact) mass is 372 g/mol. The molecule has 2 fully saturated rings. The Morgan fingerprint density at radius 3 is 2.60 bits per heavy atom. The molecule has 2 aliphatic rings. The number of piperidine rings is 1. The van der Waals surface area contributed by atoms with Crippen LogP contribution in [0.5, 0.6) is 0 Å². The highest BCUT2D eigenvalue weighted by Gasteiger charge is 2.50. The average Bonchev–Trinajstić information content (AvgIpc) is 3.01. The summed E-state index contributed by atoms with van der Waals surface area (Å²) in [6.45, 7) is 2.92. The van der Waals surface area contributed by atoms with Crippen LogP contribution in [-0.4, -0.2) is 48.9 Å². The van der Waals surface area contributed by atoms with Gasteiger partial charge in [0.15, 0.2) is 11.6 Å². The fourth-order valence-corrected chi connectivity index (χ4v) is 4.97. The molecule has 3 rings (SSSR count). The first-order chi connectivity index (χ1) is 11.8. The van der Waals surface area contributed by atoms with Crippen LogP contribution in [0.2, 0.25) is 0 Å². The summed E-state index contributed by atoms with van der Waals surface area (Å²) < 4.78 is 52.1. The molecule has 0 bridgehead atoms. The van der Waals surface area contributed by atoms with Crippen molar-refractivity contribution in [3.8, 4) is 0 Å². The molecule has 1 aromatic carbocycles. The number of likely N-dealkylation sites (tertiary alicyclic amines) is 1. The maximum Gasteiger partial charge on any atom is 0.230 e. The van der Waals surface area contributed by atoms with Crippen molar-refractivity contribution in [2.45, 2.75) is 32.7 Å². The summed E-state index contributed by atoms with van der Waals surface area (Å²) in [4.78, 5) is 14.6. The van der Waals surface area contributed by atoms with E-state index in [0.29, 0.717) is 31.5 Å². The van der Waals surface area contributed by atoms with Gasteiger partial charge in [0, 0.05) is 26.2 Å². The topological polar surface area (TPSA) is 57.7 Å². The first-order valence-corrected chi connectivity index (χ1v) is 10.1. The molecule has 1 spiro atoms. The lowest BCUT2D eigenvalue weighted by molar-refractivity contribution is -0.146. The van der Waals surface area contributed by atoms with Gasteiger partial charge in [-0.2, -0.15) is 0 Å². The summed E-state index contributed by atoms with van der Waals surface area (Å²) in [5.74, 6) is -1.91. The Bertz CT molecular complexity index is 784. The van der Waals surface area contributed by atoms with E-state index in [-0.39, 0.29) is 24.7 Å². The second-order valence-corrected chi connectivity index (χ2v) is 9.10.